The van der Waals surface area contributed by atoms with E-state index < -0.39 is 48.2 Å². The Labute approximate surface area is 717 Å². The Morgan fingerprint density at radius 3 is 1.30 bits per heavy atom. The molecule has 8 aromatic rings. The molecule has 0 unspecified atom stereocenters. The highest BCUT2D eigenvalue weighted by atomic mass is 35.5. The molecule has 2 atom stereocenters. The highest BCUT2D eigenvalue weighted by Gasteiger charge is 2.86. The Bertz CT molecular complexity index is 5320. The number of hydrogen-bond donors (Lipinski definition) is 5. The summed E-state index contributed by atoms with van der Waals surface area (Å²) < 4.78 is 91.3. The lowest BCUT2D eigenvalue weighted by Gasteiger charge is -2.33. The van der Waals surface area contributed by atoms with Crippen molar-refractivity contribution in [1.29, 1.82) is 0 Å². The molecule has 6 N–H and O–H groups in total. The third-order valence-electron chi connectivity index (χ3n) is 24.9. The number of halogens is 2. The lowest BCUT2D eigenvalue weighted by Crippen LogP contribution is -2.45. The Kier molecular flexibility index (Phi) is 24.9. The number of likely N-dealkylation sites (tertiary alicyclic amines) is 2. The summed E-state index contributed by atoms with van der Waals surface area (Å²) in [6, 6.07) is 34.4. The molecule has 6 aromatic heterocycles. The van der Waals surface area contributed by atoms with Crippen molar-refractivity contribution in [3.05, 3.63) is 166 Å². The number of ether oxygens (including phenoxy) is 6. The van der Waals surface area contributed by atoms with Crippen LogP contribution < -0.4 is 39.4 Å². The van der Waals surface area contributed by atoms with Gasteiger partial charge in [-0.05, 0) is 253 Å². The second-order valence-electron chi connectivity index (χ2n) is 36.7. The second kappa shape index (κ2) is 34.5. The number of aromatic carboxylic acids is 1. The zero-order valence-electron chi connectivity index (χ0n) is 70.3. The van der Waals surface area contributed by atoms with E-state index in [1.807, 2.05) is 121 Å². The zero-order chi connectivity index (χ0) is 86.3. The number of rotatable bonds is 31. The van der Waals surface area contributed by atoms with Crippen molar-refractivity contribution in [3.63, 3.8) is 0 Å². The average Bonchev–Trinajstić information content (AvgIpc) is 1.45. The van der Waals surface area contributed by atoms with Crippen LogP contribution in [0.15, 0.2) is 144 Å². The van der Waals surface area contributed by atoms with Gasteiger partial charge < -0.3 is 54.0 Å². The van der Waals surface area contributed by atoms with E-state index in [-0.39, 0.29) is 73.8 Å². The number of primary sulfonamides is 1. The largest absolute Gasteiger partial charge is 0.489 e. The molecule has 6 aliphatic carbocycles. The van der Waals surface area contributed by atoms with E-state index in [4.69, 9.17) is 61.9 Å². The van der Waals surface area contributed by atoms with Gasteiger partial charge in [0.1, 0.15) is 57.9 Å². The summed E-state index contributed by atoms with van der Waals surface area (Å²) in [5, 5.41) is 28.6. The molecule has 16 rings (SSSR count). The van der Waals surface area contributed by atoms with Crippen LogP contribution in [0.5, 0.6) is 23.3 Å². The van der Waals surface area contributed by atoms with Crippen LogP contribution in [0.2, 0.25) is 10.3 Å². The fourth-order valence-electron chi connectivity index (χ4n) is 18.7. The zero-order valence-corrected chi connectivity index (χ0v) is 73.4. The number of carboxylic acids is 1. The van der Waals surface area contributed by atoms with Crippen molar-refractivity contribution in [2.24, 2.45) is 50.5 Å². The average molecular weight is 1740 g/mol. The van der Waals surface area contributed by atoms with E-state index in [1.54, 1.807) is 47.6 Å². The lowest BCUT2D eigenvalue weighted by molar-refractivity contribution is 0.0118. The molecule has 8 fully saturated rings. The molecule has 6 saturated carbocycles. The molecule has 648 valence electrons. The quantitative estimate of drug-likeness (QED) is 0.0199. The fraction of sp³-hybridized carbons (Fsp3) is 0.523. The van der Waals surface area contributed by atoms with Crippen molar-refractivity contribution in [2.75, 3.05) is 50.0 Å². The summed E-state index contributed by atoms with van der Waals surface area (Å²) >= 11 is 12.4. The number of nitrogens with one attached hydrogen (secondary N) is 3. The SMILES string of the molecule is CC(C)(C)OC(=O)N1C[C@@H](CCCNc2cc(OCc3ccccc3)cc(S(=O)(=O)NC(=O)c3ccc(-n4ccc(OCCC5C6(CC6)C56CC6)n4)nc3Cl)n2)CC1(C)C.CC(C)(C)OC(=O)N1C[C@@H](CCCNc2cc(OCc3ccccc3)cc(S(N)(=O)=O)n2)CC1(C)C.O=C(O)c1ccc(-n2ccc(OCCC3C4(CC4)C34CC4)n2)nc1Cl. The predicted octanol–water partition coefficient (Wildman–Crippen LogP) is 16.3. The highest BCUT2D eigenvalue weighted by molar-refractivity contribution is 7.90. The fourth-order valence-corrected chi connectivity index (χ4v) is 20.6. The topological polar surface area (TPSA) is 368 Å². The standard InChI is InChI=1S/C44H54ClN7O7S.C26H38N4O5S.C18H18ClN3O3/c1-41(2,3)59-40(54)51-27-30(26-42(51,4)5)12-9-21-46-34-24-31(58-28-29-10-7-6-8-11-29)25-37(47-34)60(55,56)50-39(53)32-13-14-35(48-38(32)45)52-22-15-36(49-52)57-23-16-33-43(17-18-43)44(33)19-20-44;1-25(2,3)35-24(31)30-17-20(16-26(30,4)5)12-9-13-28-22-14-21(15-23(29-22)36(27,32)33)34-18-19-10-7-6-8-11-19;19-15-11(16(23)24)1-2-13(20-15)22-9-3-14(21-22)25-10-4-12-17(5-6-17)18(12)7-8-18/h6-8,10-11,13-15,22,24-25,30,33H,9,12,16-21,23,26-28H2,1-5H3,(H,46,47)(H,50,53);6-8,10-11,14-15,20H,9,12-13,16-18H2,1-5H3,(H,28,29)(H2,27,32,33);1-3,9,12H,4-8,10H2,(H,23,24)/t30-;20-;/m00./s1. The number of hydrogen-bond acceptors (Lipinski definition) is 22. The van der Waals surface area contributed by atoms with Gasteiger partial charge in [-0.2, -0.15) is 8.42 Å². The van der Waals surface area contributed by atoms with Crippen molar-refractivity contribution in [3.8, 4) is 34.9 Å². The van der Waals surface area contributed by atoms with Gasteiger partial charge in [0.25, 0.3) is 26.0 Å². The van der Waals surface area contributed by atoms with E-state index in [9.17, 15) is 36.0 Å². The van der Waals surface area contributed by atoms with Gasteiger partial charge in [-0.15, -0.1) is 10.2 Å². The maximum absolute atomic E-state index is 13.7. The summed E-state index contributed by atoms with van der Waals surface area (Å²) in [4.78, 5) is 70.5. The summed E-state index contributed by atoms with van der Waals surface area (Å²) in [6.45, 7) is 23.5. The van der Waals surface area contributed by atoms with E-state index >= 15 is 0 Å². The van der Waals surface area contributed by atoms with E-state index in [0.29, 0.717) is 109 Å². The van der Waals surface area contributed by atoms with E-state index in [0.717, 1.165) is 74.3 Å². The molecule has 8 heterocycles. The molecule has 33 heteroatoms. The molecule has 0 radical (unpaired) electrons. The number of carboxylic acid groups (broad SMARTS) is 1. The number of nitrogens with two attached hydrogens (primary N) is 1. The smallest absolute Gasteiger partial charge is 0.410 e. The third-order valence-corrected chi connectivity index (χ3v) is 27.5. The lowest BCUT2D eigenvalue weighted by atomic mass is 9.93. The van der Waals surface area contributed by atoms with Gasteiger partial charge in [0.15, 0.2) is 21.7 Å². The van der Waals surface area contributed by atoms with Crippen LogP contribution in [-0.2, 0) is 42.7 Å². The third kappa shape index (κ3) is 20.8. The maximum atomic E-state index is 13.7. The minimum Gasteiger partial charge on any atom is -0.489 e. The molecule has 29 nitrogen and oxygen atoms in total. The van der Waals surface area contributed by atoms with Crippen molar-refractivity contribution >= 4 is 78.9 Å². The summed E-state index contributed by atoms with van der Waals surface area (Å²) in [6.07, 6.45) is 21.2. The summed E-state index contributed by atoms with van der Waals surface area (Å²) in [7, 11) is -8.51. The van der Waals surface area contributed by atoms with Crippen molar-refractivity contribution in [1.82, 2.24) is 54.0 Å². The Morgan fingerprint density at radius 1 is 0.521 bits per heavy atom. The van der Waals surface area contributed by atoms with Gasteiger partial charge in [0.2, 0.25) is 11.8 Å². The normalized spacial score (nSPS) is 19.4. The maximum Gasteiger partial charge on any atom is 0.410 e. The molecule has 0 bridgehead atoms. The molecule has 121 heavy (non-hydrogen) atoms. The molecular weight excluding hydrogens is 1630 g/mol. The van der Waals surface area contributed by atoms with Crippen LogP contribution in [0, 0.1) is 45.3 Å². The molecule has 8 aliphatic rings. The number of aromatic nitrogens is 8. The number of carbonyl (C=O) groups excluding carboxylic acids is 3. The molecule has 2 saturated heterocycles. The molecular formula is C88H110Cl2N14O15S2. The van der Waals surface area contributed by atoms with Crippen LogP contribution >= 0.6 is 23.2 Å². The Hall–Kier alpha value is -9.82. The highest BCUT2D eigenvalue weighted by Crippen LogP contribution is 2.94. The number of anilines is 2. The Morgan fingerprint density at radius 2 is 0.917 bits per heavy atom. The second-order valence-corrected chi connectivity index (χ2v) is 40.5. The minimum atomic E-state index is -4.51. The van der Waals surface area contributed by atoms with Gasteiger partial charge in [0, 0.05) is 86.0 Å². The van der Waals surface area contributed by atoms with Crippen LogP contribution in [0.25, 0.3) is 11.6 Å². The first-order valence-corrected chi connectivity index (χ1v) is 45.4. The number of nitrogens with zero attached hydrogens (tertiary/aromatic N) is 10. The molecule has 2 aromatic carbocycles. The first-order chi connectivity index (χ1) is 57.3. The van der Waals surface area contributed by atoms with Gasteiger partial charge >= 0.3 is 18.2 Å². The van der Waals surface area contributed by atoms with Crippen LogP contribution in [0.1, 0.15) is 204 Å². The van der Waals surface area contributed by atoms with Gasteiger partial charge in [-0.3, -0.25) is 4.79 Å². The number of sulfonamides is 2. The molecule has 4 spiro atoms. The van der Waals surface area contributed by atoms with Crippen molar-refractivity contribution < 1.29 is 69.5 Å². The number of carbonyl (C=O) groups is 4. The minimum absolute atomic E-state index is 0.0264. The summed E-state index contributed by atoms with van der Waals surface area (Å²) in [5.74, 6) is 3.26. The summed E-state index contributed by atoms with van der Waals surface area (Å²) in [5.41, 5.74) is 2.64. The van der Waals surface area contributed by atoms with Gasteiger partial charge in [0.05, 0.1) is 24.3 Å². The number of amides is 3. The number of fused-ring (bicyclic) bond motifs is 2. The Balaban J connectivity index is 0.000000165. The first-order valence-electron chi connectivity index (χ1n) is 41.7. The monoisotopic (exact) mass is 1740 g/mol. The number of benzene rings is 2. The van der Waals surface area contributed by atoms with Crippen LogP contribution in [0.3, 0.4) is 0 Å². The predicted molar refractivity (Wildman–Crippen MR) is 455 cm³/mol. The van der Waals surface area contributed by atoms with E-state index in [1.165, 1.54) is 91.1 Å². The number of pyridine rings is 4. The van der Waals surface area contributed by atoms with E-state index in [2.05, 4.69) is 59.3 Å². The first kappa shape index (κ1) is 87.5. The molecule has 2 aliphatic heterocycles. The van der Waals surface area contributed by atoms with Crippen LogP contribution in [0.4, 0.5) is 21.2 Å². The van der Waals surface area contributed by atoms with Gasteiger partial charge in [-0.25, -0.2) is 62.0 Å². The van der Waals surface area contributed by atoms with Crippen LogP contribution in [-0.4, -0.2) is 157 Å². The van der Waals surface area contributed by atoms with Gasteiger partial charge in [-0.1, -0.05) is 83.9 Å². The molecule has 3 amide bonds. The van der Waals surface area contributed by atoms with Crippen molar-refractivity contribution in [2.45, 2.75) is 218 Å².